The fourth-order valence-electron chi connectivity index (χ4n) is 3.04. The van der Waals surface area contributed by atoms with Crippen LogP contribution in [0.25, 0.3) is 0 Å². The zero-order valence-corrected chi connectivity index (χ0v) is 14.7. The molecule has 5 nitrogen and oxygen atoms in total. The second kappa shape index (κ2) is 7.99. The lowest BCUT2D eigenvalue weighted by Gasteiger charge is -2.22. The molecule has 0 bridgehead atoms. The first-order chi connectivity index (χ1) is 12.6. The van der Waals surface area contributed by atoms with Crippen LogP contribution in [0.2, 0.25) is 0 Å². The van der Waals surface area contributed by atoms with E-state index in [1.165, 1.54) is 24.3 Å². The standard InChI is InChI=1S/C20H21FN2O3/c1-26-18-5-2-4-16(14-18)20(25)23-11-3-10-22(12-13-23)19(24)15-6-8-17(21)9-7-15/h2,4-9,14H,3,10-13H2,1H3. The number of carbonyl (C=O) groups is 2. The number of rotatable bonds is 3. The third-order valence-corrected chi connectivity index (χ3v) is 4.48. The van der Waals surface area contributed by atoms with E-state index in [9.17, 15) is 14.0 Å². The number of ether oxygens (including phenoxy) is 1. The fraction of sp³-hybridized carbons (Fsp3) is 0.300. The van der Waals surface area contributed by atoms with Crippen molar-refractivity contribution in [2.24, 2.45) is 0 Å². The Morgan fingerprint density at radius 1 is 0.885 bits per heavy atom. The highest BCUT2D eigenvalue weighted by atomic mass is 19.1. The van der Waals surface area contributed by atoms with Crippen LogP contribution >= 0.6 is 0 Å². The maximum absolute atomic E-state index is 13.0. The van der Waals surface area contributed by atoms with E-state index in [0.717, 1.165) is 0 Å². The number of nitrogens with zero attached hydrogens (tertiary/aromatic N) is 2. The fourth-order valence-corrected chi connectivity index (χ4v) is 3.04. The highest BCUT2D eigenvalue weighted by Gasteiger charge is 2.23. The van der Waals surface area contributed by atoms with Gasteiger partial charge in [0.1, 0.15) is 11.6 Å². The molecule has 1 aliphatic heterocycles. The zero-order chi connectivity index (χ0) is 18.5. The average Bonchev–Trinajstić information content (AvgIpc) is 2.93. The van der Waals surface area contributed by atoms with Crippen molar-refractivity contribution in [3.63, 3.8) is 0 Å². The number of amides is 2. The van der Waals surface area contributed by atoms with Crippen LogP contribution in [0.3, 0.4) is 0 Å². The van der Waals surface area contributed by atoms with Crippen molar-refractivity contribution in [3.8, 4) is 5.75 Å². The summed E-state index contributed by atoms with van der Waals surface area (Å²) in [6.07, 6.45) is 0.697. The lowest BCUT2D eigenvalue weighted by Crippen LogP contribution is -2.37. The number of carbonyl (C=O) groups excluding carboxylic acids is 2. The molecular formula is C20H21FN2O3. The molecule has 1 saturated heterocycles. The second-order valence-corrected chi connectivity index (χ2v) is 6.18. The van der Waals surface area contributed by atoms with Crippen molar-refractivity contribution in [2.45, 2.75) is 6.42 Å². The Bertz CT molecular complexity index is 792. The summed E-state index contributed by atoms with van der Waals surface area (Å²) in [7, 11) is 1.56. The molecule has 2 amide bonds. The Labute approximate surface area is 152 Å². The van der Waals surface area contributed by atoms with Gasteiger partial charge in [0.25, 0.3) is 11.8 Å². The highest BCUT2D eigenvalue weighted by molar-refractivity contribution is 5.95. The van der Waals surface area contributed by atoms with Gasteiger partial charge in [0, 0.05) is 37.3 Å². The Morgan fingerprint density at radius 2 is 1.50 bits per heavy atom. The molecule has 0 radical (unpaired) electrons. The van der Waals surface area contributed by atoms with Gasteiger partial charge >= 0.3 is 0 Å². The van der Waals surface area contributed by atoms with Gasteiger partial charge < -0.3 is 14.5 Å². The normalized spacial score (nSPS) is 14.7. The van der Waals surface area contributed by atoms with Gasteiger partial charge in [0.15, 0.2) is 0 Å². The molecule has 0 unspecified atom stereocenters. The molecule has 0 aromatic heterocycles. The van der Waals surface area contributed by atoms with Gasteiger partial charge in [-0.1, -0.05) is 6.07 Å². The van der Waals surface area contributed by atoms with Crippen LogP contribution in [0.5, 0.6) is 5.75 Å². The van der Waals surface area contributed by atoms with Crippen molar-refractivity contribution in [3.05, 3.63) is 65.5 Å². The third-order valence-electron chi connectivity index (χ3n) is 4.48. The van der Waals surface area contributed by atoms with Crippen LogP contribution in [0, 0.1) is 5.82 Å². The summed E-state index contributed by atoms with van der Waals surface area (Å²) in [5.74, 6) is 0.0620. The molecule has 0 aliphatic carbocycles. The smallest absolute Gasteiger partial charge is 0.254 e. The molecule has 3 rings (SSSR count). The highest BCUT2D eigenvalue weighted by Crippen LogP contribution is 2.16. The maximum Gasteiger partial charge on any atom is 0.254 e. The first-order valence-corrected chi connectivity index (χ1v) is 8.56. The molecule has 2 aromatic rings. The Morgan fingerprint density at radius 3 is 2.12 bits per heavy atom. The summed E-state index contributed by atoms with van der Waals surface area (Å²) < 4.78 is 18.2. The average molecular weight is 356 g/mol. The van der Waals surface area contributed by atoms with Gasteiger partial charge in [-0.25, -0.2) is 4.39 Å². The van der Waals surface area contributed by atoms with E-state index in [-0.39, 0.29) is 17.6 Å². The molecule has 2 aromatic carbocycles. The Balaban J connectivity index is 1.66. The summed E-state index contributed by atoms with van der Waals surface area (Å²) >= 11 is 0. The second-order valence-electron chi connectivity index (χ2n) is 6.18. The van der Waals surface area contributed by atoms with E-state index in [1.807, 2.05) is 0 Å². The zero-order valence-electron chi connectivity index (χ0n) is 14.7. The molecule has 1 fully saturated rings. The Hall–Kier alpha value is -2.89. The van der Waals surface area contributed by atoms with Gasteiger partial charge in [-0.3, -0.25) is 9.59 Å². The number of halogens is 1. The van der Waals surface area contributed by atoms with Crippen LogP contribution in [0.4, 0.5) is 4.39 Å². The predicted octanol–water partition coefficient (Wildman–Crippen LogP) is 2.82. The van der Waals surface area contributed by atoms with Crippen molar-refractivity contribution in [1.82, 2.24) is 9.80 Å². The summed E-state index contributed by atoms with van der Waals surface area (Å²) in [4.78, 5) is 28.8. The van der Waals surface area contributed by atoms with Gasteiger partial charge in [-0.15, -0.1) is 0 Å². The van der Waals surface area contributed by atoms with Crippen LogP contribution < -0.4 is 4.74 Å². The molecule has 136 valence electrons. The molecule has 0 N–H and O–H groups in total. The molecule has 6 heteroatoms. The van der Waals surface area contributed by atoms with Crippen molar-refractivity contribution in [1.29, 1.82) is 0 Å². The monoisotopic (exact) mass is 356 g/mol. The lowest BCUT2D eigenvalue weighted by molar-refractivity contribution is 0.0718. The number of benzene rings is 2. The van der Waals surface area contributed by atoms with Crippen molar-refractivity contribution < 1.29 is 18.7 Å². The molecule has 0 spiro atoms. The van der Waals surface area contributed by atoms with Crippen LogP contribution in [0.1, 0.15) is 27.1 Å². The molecule has 0 saturated carbocycles. The van der Waals surface area contributed by atoms with Gasteiger partial charge in [-0.05, 0) is 48.9 Å². The van der Waals surface area contributed by atoms with E-state index in [2.05, 4.69) is 0 Å². The summed E-state index contributed by atoms with van der Waals surface area (Å²) in [6, 6.07) is 12.6. The first kappa shape index (κ1) is 17.9. The van der Waals surface area contributed by atoms with E-state index >= 15 is 0 Å². The molecule has 1 aliphatic rings. The topological polar surface area (TPSA) is 49.9 Å². The van der Waals surface area contributed by atoms with Crippen LogP contribution in [0.15, 0.2) is 48.5 Å². The van der Waals surface area contributed by atoms with Crippen molar-refractivity contribution in [2.75, 3.05) is 33.3 Å². The summed E-state index contributed by atoms with van der Waals surface area (Å²) in [5.41, 5.74) is 1.03. The van der Waals surface area contributed by atoms with E-state index in [4.69, 9.17) is 4.74 Å². The van der Waals surface area contributed by atoms with E-state index in [1.54, 1.807) is 41.2 Å². The molecule has 1 heterocycles. The van der Waals surface area contributed by atoms with Crippen LogP contribution in [-0.4, -0.2) is 54.9 Å². The van der Waals surface area contributed by atoms with E-state index < -0.39 is 0 Å². The summed E-state index contributed by atoms with van der Waals surface area (Å²) in [5, 5.41) is 0. The minimum Gasteiger partial charge on any atom is -0.497 e. The largest absolute Gasteiger partial charge is 0.497 e. The van der Waals surface area contributed by atoms with Gasteiger partial charge in [0.2, 0.25) is 0 Å². The number of hydrogen-bond donors (Lipinski definition) is 0. The minimum absolute atomic E-state index is 0.0695. The van der Waals surface area contributed by atoms with E-state index in [0.29, 0.717) is 49.5 Å². The van der Waals surface area contributed by atoms with Crippen molar-refractivity contribution >= 4 is 11.8 Å². The quantitative estimate of drug-likeness (QED) is 0.850. The van der Waals surface area contributed by atoms with Gasteiger partial charge in [-0.2, -0.15) is 0 Å². The lowest BCUT2D eigenvalue weighted by atomic mass is 10.2. The minimum atomic E-state index is -0.368. The third kappa shape index (κ3) is 4.02. The maximum atomic E-state index is 13.0. The molecule has 0 atom stereocenters. The predicted molar refractivity (Wildman–Crippen MR) is 95.8 cm³/mol. The number of hydrogen-bond acceptors (Lipinski definition) is 3. The number of methoxy groups -OCH3 is 1. The Kier molecular flexibility index (Phi) is 5.51. The SMILES string of the molecule is COc1cccc(C(=O)N2CCCN(C(=O)c3ccc(F)cc3)CC2)c1. The van der Waals surface area contributed by atoms with Crippen LogP contribution in [-0.2, 0) is 0 Å². The molecule has 26 heavy (non-hydrogen) atoms. The van der Waals surface area contributed by atoms with Gasteiger partial charge in [0.05, 0.1) is 7.11 Å². The first-order valence-electron chi connectivity index (χ1n) is 8.56. The molecular weight excluding hydrogens is 335 g/mol. The summed E-state index contributed by atoms with van der Waals surface area (Å²) in [6.45, 7) is 2.07.